The lowest BCUT2D eigenvalue weighted by Crippen LogP contribution is -2.32. The first-order chi connectivity index (χ1) is 17.7. The van der Waals surface area contributed by atoms with Gasteiger partial charge in [0.25, 0.3) is 0 Å². The van der Waals surface area contributed by atoms with Crippen molar-refractivity contribution in [3.63, 3.8) is 0 Å². The molecule has 0 aliphatic carbocycles. The zero-order chi connectivity index (χ0) is 26.8. The average Bonchev–Trinajstić information content (AvgIpc) is 3.25. The Bertz CT molecular complexity index is 1100. The maximum absolute atomic E-state index is 12.5. The maximum atomic E-state index is 12.5. The zero-order valence-corrected chi connectivity index (χ0v) is 21.1. The van der Waals surface area contributed by atoms with E-state index in [2.05, 4.69) is 22.4 Å². The van der Waals surface area contributed by atoms with Crippen molar-refractivity contribution in [2.45, 2.75) is 45.3 Å². The molecular formula is C27H32F3N3O4. The minimum atomic E-state index is -4.42. The molecule has 0 bridgehead atoms. The standard InChI is InChI=1S/C27H32F3N3O4/c1-19(32-9-13-36-24-6-3-4-7-25(24)37-18-27(28,29)30)14-21-15-22-8-11-33(10-5-12-35-20(2)34)26(22)23(16-21)17-31/h3-4,6-7,15-16,19,32H,5,8-14,18H2,1-2H3/t19-/m1/s1. The Morgan fingerprint density at radius 2 is 1.92 bits per heavy atom. The summed E-state index contributed by atoms with van der Waals surface area (Å²) < 4.78 is 52.9. The van der Waals surface area contributed by atoms with E-state index in [1.807, 2.05) is 13.0 Å². The summed E-state index contributed by atoms with van der Waals surface area (Å²) in [5.41, 5.74) is 3.81. The Morgan fingerprint density at radius 3 is 2.59 bits per heavy atom. The van der Waals surface area contributed by atoms with Crippen LogP contribution in [0.1, 0.15) is 37.0 Å². The topological polar surface area (TPSA) is 83.8 Å². The van der Waals surface area contributed by atoms with Crippen LogP contribution in [-0.2, 0) is 22.4 Å². The van der Waals surface area contributed by atoms with Crippen LogP contribution in [0, 0.1) is 11.3 Å². The lowest BCUT2D eigenvalue weighted by Gasteiger charge is -2.21. The first kappa shape index (κ1) is 28.1. The van der Waals surface area contributed by atoms with Gasteiger partial charge in [0.1, 0.15) is 12.7 Å². The summed E-state index contributed by atoms with van der Waals surface area (Å²) in [6.45, 7) is 4.69. The van der Waals surface area contributed by atoms with E-state index in [0.29, 0.717) is 31.6 Å². The summed E-state index contributed by atoms with van der Waals surface area (Å²) in [7, 11) is 0. The van der Waals surface area contributed by atoms with Crippen molar-refractivity contribution in [2.75, 3.05) is 44.4 Å². The van der Waals surface area contributed by atoms with Gasteiger partial charge in [0, 0.05) is 32.6 Å². The highest BCUT2D eigenvalue weighted by molar-refractivity contribution is 5.68. The predicted molar refractivity (Wildman–Crippen MR) is 133 cm³/mol. The monoisotopic (exact) mass is 519 g/mol. The molecule has 0 radical (unpaired) electrons. The smallest absolute Gasteiger partial charge is 0.422 e. The van der Waals surface area contributed by atoms with E-state index in [1.165, 1.54) is 13.0 Å². The maximum Gasteiger partial charge on any atom is 0.422 e. The first-order valence-corrected chi connectivity index (χ1v) is 12.2. The Morgan fingerprint density at radius 1 is 1.19 bits per heavy atom. The minimum absolute atomic E-state index is 0.0514. The Balaban J connectivity index is 1.49. The molecule has 1 heterocycles. The van der Waals surface area contributed by atoms with Crippen LogP contribution < -0.4 is 19.7 Å². The fraction of sp³-hybridized carbons (Fsp3) is 0.481. The number of nitriles is 1. The minimum Gasteiger partial charge on any atom is -0.488 e. The molecule has 2 aromatic carbocycles. The number of nitrogens with one attached hydrogen (secondary N) is 1. The lowest BCUT2D eigenvalue weighted by atomic mass is 9.99. The molecule has 200 valence electrons. The summed E-state index contributed by atoms with van der Waals surface area (Å²) in [6, 6.07) is 12.8. The zero-order valence-electron chi connectivity index (χ0n) is 21.1. The van der Waals surface area contributed by atoms with E-state index >= 15 is 0 Å². The molecule has 0 spiro atoms. The number of hydrogen-bond acceptors (Lipinski definition) is 7. The van der Waals surface area contributed by atoms with Crippen molar-refractivity contribution in [3.05, 3.63) is 53.1 Å². The van der Waals surface area contributed by atoms with Gasteiger partial charge >= 0.3 is 12.1 Å². The van der Waals surface area contributed by atoms with Gasteiger partial charge in [-0.2, -0.15) is 18.4 Å². The largest absolute Gasteiger partial charge is 0.488 e. The molecule has 1 aliphatic rings. The van der Waals surface area contributed by atoms with Gasteiger partial charge in [-0.1, -0.05) is 18.2 Å². The van der Waals surface area contributed by atoms with Gasteiger partial charge in [-0.3, -0.25) is 4.79 Å². The van der Waals surface area contributed by atoms with Crippen LogP contribution in [0.3, 0.4) is 0 Å². The van der Waals surface area contributed by atoms with E-state index in [9.17, 15) is 23.2 Å². The average molecular weight is 520 g/mol. The van der Waals surface area contributed by atoms with Crippen molar-refractivity contribution in [2.24, 2.45) is 0 Å². The third-order valence-electron chi connectivity index (χ3n) is 5.85. The number of hydrogen-bond donors (Lipinski definition) is 1. The van der Waals surface area contributed by atoms with Gasteiger partial charge in [-0.15, -0.1) is 0 Å². The van der Waals surface area contributed by atoms with Gasteiger partial charge in [0.05, 0.1) is 17.9 Å². The highest BCUT2D eigenvalue weighted by Gasteiger charge is 2.29. The molecule has 2 aromatic rings. The number of para-hydroxylation sites is 2. The van der Waals surface area contributed by atoms with Crippen LogP contribution in [0.4, 0.5) is 18.9 Å². The molecule has 0 saturated heterocycles. The number of alkyl halides is 3. The number of nitrogens with zero attached hydrogens (tertiary/aromatic N) is 2. The van der Waals surface area contributed by atoms with Gasteiger partial charge in [0.2, 0.25) is 0 Å². The van der Waals surface area contributed by atoms with Crippen LogP contribution in [0.15, 0.2) is 36.4 Å². The van der Waals surface area contributed by atoms with Crippen molar-refractivity contribution in [1.29, 1.82) is 5.26 Å². The van der Waals surface area contributed by atoms with E-state index in [0.717, 1.165) is 36.3 Å². The number of rotatable bonds is 13. The van der Waals surface area contributed by atoms with Crippen LogP contribution in [0.25, 0.3) is 0 Å². The van der Waals surface area contributed by atoms with Gasteiger partial charge in [0.15, 0.2) is 18.1 Å². The van der Waals surface area contributed by atoms with E-state index in [1.54, 1.807) is 18.2 Å². The highest BCUT2D eigenvalue weighted by atomic mass is 19.4. The lowest BCUT2D eigenvalue weighted by molar-refractivity contribution is -0.153. The highest BCUT2D eigenvalue weighted by Crippen LogP contribution is 2.33. The number of anilines is 1. The number of fused-ring (bicyclic) bond motifs is 1. The Hall–Kier alpha value is -3.45. The van der Waals surface area contributed by atoms with Gasteiger partial charge in [-0.25, -0.2) is 0 Å². The number of carbonyl (C=O) groups is 1. The summed E-state index contributed by atoms with van der Waals surface area (Å²) in [5.74, 6) is 0.0182. The molecule has 0 fully saturated rings. The molecule has 0 unspecified atom stereocenters. The van der Waals surface area contributed by atoms with Crippen molar-refractivity contribution < 1.29 is 32.2 Å². The second-order valence-electron chi connectivity index (χ2n) is 8.95. The van der Waals surface area contributed by atoms with E-state index < -0.39 is 12.8 Å². The Kier molecular flexibility index (Phi) is 10.0. The number of carbonyl (C=O) groups excluding carboxylic acids is 1. The second kappa shape index (κ2) is 13.2. The molecule has 0 amide bonds. The Labute approximate surface area is 215 Å². The third-order valence-corrected chi connectivity index (χ3v) is 5.85. The van der Waals surface area contributed by atoms with Gasteiger partial charge < -0.3 is 24.4 Å². The summed E-state index contributed by atoms with van der Waals surface area (Å²) >= 11 is 0. The molecule has 3 rings (SSSR count). The van der Waals surface area contributed by atoms with Crippen LogP contribution in [0.2, 0.25) is 0 Å². The van der Waals surface area contributed by atoms with Crippen molar-refractivity contribution in [3.8, 4) is 17.6 Å². The number of esters is 1. The molecule has 7 nitrogen and oxygen atoms in total. The molecule has 0 saturated carbocycles. The molecule has 1 N–H and O–H groups in total. The van der Waals surface area contributed by atoms with E-state index in [4.69, 9.17) is 14.2 Å². The quantitative estimate of drug-likeness (QED) is 0.310. The molecule has 37 heavy (non-hydrogen) atoms. The number of ether oxygens (including phenoxy) is 3. The summed E-state index contributed by atoms with van der Waals surface area (Å²) in [4.78, 5) is 13.1. The summed E-state index contributed by atoms with van der Waals surface area (Å²) in [6.07, 6.45) is -2.15. The third kappa shape index (κ3) is 8.86. The van der Waals surface area contributed by atoms with Crippen LogP contribution >= 0.6 is 0 Å². The normalized spacial score (nSPS) is 13.6. The molecule has 1 atom stereocenters. The van der Waals surface area contributed by atoms with Gasteiger partial charge in [-0.05, 0) is 55.5 Å². The fourth-order valence-corrected chi connectivity index (χ4v) is 4.33. The molecular weight excluding hydrogens is 487 g/mol. The van der Waals surface area contributed by atoms with Crippen molar-refractivity contribution in [1.82, 2.24) is 5.32 Å². The van der Waals surface area contributed by atoms with E-state index in [-0.39, 0.29) is 30.1 Å². The van der Waals surface area contributed by atoms with Crippen LogP contribution in [-0.4, -0.2) is 57.6 Å². The molecule has 0 aromatic heterocycles. The predicted octanol–water partition coefficient (Wildman–Crippen LogP) is 4.41. The molecule has 1 aliphatic heterocycles. The SMILES string of the molecule is CC(=O)OCCCN1CCc2cc(C[C@@H](C)NCCOc3ccccc3OCC(F)(F)F)cc(C#N)c21. The number of benzene rings is 2. The molecule has 10 heteroatoms. The van der Waals surface area contributed by atoms with Crippen molar-refractivity contribution >= 4 is 11.7 Å². The first-order valence-electron chi connectivity index (χ1n) is 12.2. The number of halogens is 3. The summed E-state index contributed by atoms with van der Waals surface area (Å²) in [5, 5.41) is 13.1. The fourth-order valence-electron chi connectivity index (χ4n) is 4.33. The second-order valence-corrected chi connectivity index (χ2v) is 8.95. The van der Waals surface area contributed by atoms with Crippen LogP contribution in [0.5, 0.6) is 11.5 Å².